The third-order valence-corrected chi connectivity index (χ3v) is 9.46. The first kappa shape index (κ1) is 47.8. The summed E-state index contributed by atoms with van der Waals surface area (Å²) in [6.07, 6.45) is 51.3. The van der Waals surface area contributed by atoms with Crippen LogP contribution in [0.3, 0.4) is 0 Å². The molecule has 0 aromatic rings. The van der Waals surface area contributed by atoms with E-state index in [-0.39, 0.29) is 12.3 Å². The average molecular weight is 718 g/mol. The van der Waals surface area contributed by atoms with Crippen LogP contribution in [0.1, 0.15) is 174 Å². The van der Waals surface area contributed by atoms with Gasteiger partial charge in [-0.05, 0) is 64.2 Å². The van der Waals surface area contributed by atoms with Gasteiger partial charge in [0, 0.05) is 6.42 Å². The maximum Gasteiger partial charge on any atom is 0.266 e. The molecule has 0 aliphatic rings. The van der Waals surface area contributed by atoms with Gasteiger partial charge in [0.25, 0.3) is 10.1 Å². The zero-order valence-electron chi connectivity index (χ0n) is 32.0. The van der Waals surface area contributed by atoms with Crippen molar-refractivity contribution in [1.29, 1.82) is 0 Å². The van der Waals surface area contributed by atoms with Crippen molar-refractivity contribution in [2.45, 2.75) is 187 Å². The number of unbranched alkanes of at least 4 members (excludes halogenated alkanes) is 15. The zero-order valence-corrected chi connectivity index (χ0v) is 32.8. The number of aliphatic hydroxyl groups excluding tert-OH is 1. The van der Waals surface area contributed by atoms with E-state index in [1.165, 1.54) is 70.6 Å². The highest BCUT2D eigenvalue weighted by Gasteiger charge is 2.26. The van der Waals surface area contributed by atoms with Gasteiger partial charge in [0.15, 0.2) is 0 Å². The van der Waals surface area contributed by atoms with Gasteiger partial charge in [-0.2, -0.15) is 8.42 Å². The Hall–Kier alpha value is -2.22. The molecular weight excluding hydrogens is 643 g/mol. The van der Waals surface area contributed by atoms with Crippen LogP contribution in [0.4, 0.5) is 0 Å². The van der Waals surface area contributed by atoms with E-state index < -0.39 is 28.0 Å². The summed E-state index contributed by atoms with van der Waals surface area (Å²) >= 11 is 0. The summed E-state index contributed by atoms with van der Waals surface area (Å²) in [6.45, 7) is 4.40. The number of allylic oxidation sites excluding steroid dienone is 12. The molecule has 0 rings (SSSR count). The summed E-state index contributed by atoms with van der Waals surface area (Å²) in [5.41, 5.74) is 0. The highest BCUT2D eigenvalue weighted by atomic mass is 32.2. The normalized spacial score (nSPS) is 14.1. The molecule has 3 N–H and O–H groups in total. The number of rotatable bonds is 35. The summed E-state index contributed by atoms with van der Waals surface area (Å²) in [5.74, 6) is -0.960. The third kappa shape index (κ3) is 37.0. The Morgan fingerprint density at radius 2 is 0.960 bits per heavy atom. The van der Waals surface area contributed by atoms with E-state index >= 15 is 0 Å². The topological polar surface area (TPSA) is 104 Å². The molecular formula is C43H75NO5S. The van der Waals surface area contributed by atoms with E-state index in [0.717, 1.165) is 70.6 Å². The molecule has 0 saturated carbocycles. The Labute approximate surface area is 308 Å². The van der Waals surface area contributed by atoms with Crippen molar-refractivity contribution in [2.24, 2.45) is 0 Å². The van der Waals surface area contributed by atoms with Gasteiger partial charge in [0.05, 0.1) is 17.9 Å². The Balaban J connectivity index is 4.01. The minimum absolute atomic E-state index is 0.260. The predicted octanol–water partition coefficient (Wildman–Crippen LogP) is 11.8. The summed E-state index contributed by atoms with van der Waals surface area (Å²) < 4.78 is 32.5. The van der Waals surface area contributed by atoms with Crippen LogP contribution in [0.25, 0.3) is 0 Å². The molecule has 7 heteroatoms. The van der Waals surface area contributed by atoms with Crippen molar-refractivity contribution in [3.05, 3.63) is 72.9 Å². The Bertz CT molecular complexity index is 1060. The molecule has 0 fully saturated rings. The first-order chi connectivity index (χ1) is 24.3. The van der Waals surface area contributed by atoms with Crippen molar-refractivity contribution < 1.29 is 22.9 Å². The second-order valence-electron chi connectivity index (χ2n) is 13.5. The largest absolute Gasteiger partial charge is 0.391 e. The molecule has 0 saturated heterocycles. The van der Waals surface area contributed by atoms with E-state index in [1.807, 2.05) is 0 Å². The molecule has 0 spiro atoms. The maximum absolute atomic E-state index is 12.5. The number of carbonyl (C=O) groups excluding carboxylic acids is 1. The monoisotopic (exact) mass is 718 g/mol. The SMILES string of the molecule is CC/C=C\C/C=C\C/C=C\C/C=C\C/C=C\C/C=C\CCCCC(=O)NC(CS(=O)(=O)O)C(O)CCCCCCCCCCCCCCCC. The fourth-order valence-corrected chi connectivity index (χ4v) is 6.45. The smallest absolute Gasteiger partial charge is 0.266 e. The van der Waals surface area contributed by atoms with Crippen LogP contribution in [0, 0.1) is 0 Å². The van der Waals surface area contributed by atoms with Crippen molar-refractivity contribution in [1.82, 2.24) is 5.32 Å². The highest BCUT2D eigenvalue weighted by molar-refractivity contribution is 7.85. The minimum Gasteiger partial charge on any atom is -0.391 e. The number of nitrogens with one attached hydrogen (secondary N) is 1. The van der Waals surface area contributed by atoms with E-state index in [1.54, 1.807) is 0 Å². The molecule has 0 aromatic carbocycles. The standard InChI is InChI=1S/C43H75NO5S/c1-3-5-7-9-11-13-15-17-19-20-21-22-23-24-25-27-29-31-33-35-37-39-43(46)44-41(40-50(47,48)49)42(45)38-36-34-32-30-28-26-18-16-14-12-10-8-6-4-2/h5,7,11,13,17,19,21-22,24-25,29,31,41-42,45H,3-4,6,8-10,12,14-16,18,20,23,26-28,30,32-40H2,1-2H3,(H,44,46)(H,47,48,49)/b7-5-,13-11-,19-17-,22-21-,25-24-,31-29-. The van der Waals surface area contributed by atoms with Gasteiger partial charge < -0.3 is 10.4 Å². The first-order valence-electron chi connectivity index (χ1n) is 20.1. The van der Waals surface area contributed by atoms with E-state index in [4.69, 9.17) is 0 Å². The van der Waals surface area contributed by atoms with Crippen LogP contribution in [0.15, 0.2) is 72.9 Å². The van der Waals surface area contributed by atoms with Gasteiger partial charge in [-0.3, -0.25) is 9.35 Å². The first-order valence-corrected chi connectivity index (χ1v) is 21.7. The lowest BCUT2D eigenvalue weighted by Crippen LogP contribution is -2.47. The number of hydrogen-bond donors (Lipinski definition) is 3. The number of amides is 1. The quantitative estimate of drug-likeness (QED) is 0.0344. The fourth-order valence-electron chi connectivity index (χ4n) is 5.69. The van der Waals surface area contributed by atoms with Crippen molar-refractivity contribution in [3.8, 4) is 0 Å². The van der Waals surface area contributed by atoms with Crippen LogP contribution in [0.2, 0.25) is 0 Å². The Kier molecular flexibility index (Phi) is 34.9. The molecule has 2 unspecified atom stereocenters. The van der Waals surface area contributed by atoms with Crippen molar-refractivity contribution in [2.75, 3.05) is 5.75 Å². The van der Waals surface area contributed by atoms with Gasteiger partial charge in [0.1, 0.15) is 0 Å². The van der Waals surface area contributed by atoms with Crippen LogP contribution < -0.4 is 5.32 Å². The van der Waals surface area contributed by atoms with E-state index in [9.17, 15) is 22.9 Å². The minimum atomic E-state index is -4.33. The molecule has 1 amide bonds. The number of hydrogen-bond acceptors (Lipinski definition) is 4. The summed E-state index contributed by atoms with van der Waals surface area (Å²) in [7, 11) is -4.33. The van der Waals surface area contributed by atoms with Crippen molar-refractivity contribution in [3.63, 3.8) is 0 Å². The second-order valence-corrected chi connectivity index (χ2v) is 15.0. The highest BCUT2D eigenvalue weighted by Crippen LogP contribution is 2.15. The average Bonchev–Trinajstić information content (AvgIpc) is 3.08. The molecule has 0 aliphatic heterocycles. The maximum atomic E-state index is 12.5. The molecule has 0 heterocycles. The lowest BCUT2D eigenvalue weighted by Gasteiger charge is -2.23. The number of aliphatic hydroxyl groups is 1. The van der Waals surface area contributed by atoms with Crippen molar-refractivity contribution >= 4 is 16.0 Å². The van der Waals surface area contributed by atoms with Crippen LogP contribution in [0.5, 0.6) is 0 Å². The van der Waals surface area contributed by atoms with Gasteiger partial charge in [-0.1, -0.05) is 177 Å². The van der Waals surface area contributed by atoms with Crippen LogP contribution in [-0.4, -0.2) is 41.9 Å². The Morgan fingerprint density at radius 3 is 1.38 bits per heavy atom. The van der Waals surface area contributed by atoms with Crippen LogP contribution >= 0.6 is 0 Å². The molecule has 0 aromatic heterocycles. The molecule has 0 radical (unpaired) electrons. The molecule has 288 valence electrons. The Morgan fingerprint density at radius 1 is 0.560 bits per heavy atom. The summed E-state index contributed by atoms with van der Waals surface area (Å²) in [4.78, 5) is 12.5. The molecule has 0 aliphatic carbocycles. The predicted molar refractivity (Wildman–Crippen MR) is 216 cm³/mol. The summed E-state index contributed by atoms with van der Waals surface area (Å²) in [6, 6.07) is -0.997. The van der Waals surface area contributed by atoms with Gasteiger partial charge in [-0.25, -0.2) is 0 Å². The van der Waals surface area contributed by atoms with E-state index in [2.05, 4.69) is 92.1 Å². The van der Waals surface area contributed by atoms with Gasteiger partial charge in [0.2, 0.25) is 5.91 Å². The van der Waals surface area contributed by atoms with E-state index in [0.29, 0.717) is 12.8 Å². The molecule has 0 bridgehead atoms. The second kappa shape index (κ2) is 36.6. The molecule has 2 atom stereocenters. The molecule has 50 heavy (non-hydrogen) atoms. The van der Waals surface area contributed by atoms with Gasteiger partial charge >= 0.3 is 0 Å². The number of carbonyl (C=O) groups is 1. The third-order valence-electron chi connectivity index (χ3n) is 8.68. The zero-order chi connectivity index (χ0) is 36.8. The van der Waals surface area contributed by atoms with Crippen LogP contribution in [-0.2, 0) is 14.9 Å². The fraction of sp³-hybridized carbons (Fsp3) is 0.698. The summed E-state index contributed by atoms with van der Waals surface area (Å²) in [5, 5.41) is 13.3. The lowest BCUT2D eigenvalue weighted by molar-refractivity contribution is -0.122. The lowest BCUT2D eigenvalue weighted by atomic mass is 10.0. The van der Waals surface area contributed by atoms with Gasteiger partial charge in [-0.15, -0.1) is 0 Å². The molecule has 6 nitrogen and oxygen atoms in total.